The number of hydrogen-bond acceptors (Lipinski definition) is 5. The molecule has 0 radical (unpaired) electrons. The van der Waals surface area contributed by atoms with Crippen LogP contribution in [0.5, 0.6) is 0 Å². The standard InChI is InChI=1S/C14H16N2O5/c1-2-7-21-13(19)10-3-5-11(6-4-10)15-8-12(18)16(9-17)14(15)20/h3-6,17H,2,7-9H2,1H3. The summed E-state index contributed by atoms with van der Waals surface area (Å²) in [4.78, 5) is 37.1. The number of imide groups is 1. The fourth-order valence-corrected chi connectivity index (χ4v) is 1.94. The summed E-state index contributed by atoms with van der Waals surface area (Å²) in [7, 11) is 0. The third-order valence-electron chi connectivity index (χ3n) is 3.05. The number of amides is 3. The second-order valence-electron chi connectivity index (χ2n) is 4.51. The summed E-state index contributed by atoms with van der Waals surface area (Å²) < 4.78 is 5.00. The van der Waals surface area contributed by atoms with E-state index in [2.05, 4.69) is 0 Å². The molecule has 0 atom stereocenters. The molecule has 7 heteroatoms. The third-order valence-corrected chi connectivity index (χ3v) is 3.05. The Morgan fingerprint density at radius 2 is 1.95 bits per heavy atom. The number of carbonyl (C=O) groups is 3. The van der Waals surface area contributed by atoms with Crippen LogP contribution in [0.1, 0.15) is 23.7 Å². The maximum atomic E-state index is 11.9. The van der Waals surface area contributed by atoms with Gasteiger partial charge in [0.1, 0.15) is 13.3 Å². The van der Waals surface area contributed by atoms with Crippen molar-refractivity contribution >= 4 is 23.6 Å². The van der Waals surface area contributed by atoms with Gasteiger partial charge in [0.25, 0.3) is 5.91 Å². The summed E-state index contributed by atoms with van der Waals surface area (Å²) in [6.07, 6.45) is 0.741. The Labute approximate surface area is 121 Å². The fraction of sp³-hybridized carbons (Fsp3) is 0.357. The van der Waals surface area contributed by atoms with Gasteiger partial charge in [0.15, 0.2) is 0 Å². The van der Waals surface area contributed by atoms with E-state index in [1.807, 2.05) is 6.92 Å². The number of nitrogens with zero attached hydrogens (tertiary/aromatic N) is 2. The van der Waals surface area contributed by atoms with E-state index in [0.29, 0.717) is 17.9 Å². The van der Waals surface area contributed by atoms with Crippen molar-refractivity contribution in [1.29, 1.82) is 0 Å². The lowest BCUT2D eigenvalue weighted by Gasteiger charge is -2.15. The topological polar surface area (TPSA) is 87.2 Å². The van der Waals surface area contributed by atoms with Crippen molar-refractivity contribution in [3.63, 3.8) is 0 Å². The van der Waals surface area contributed by atoms with Gasteiger partial charge in [0, 0.05) is 5.69 Å². The number of benzene rings is 1. The first-order chi connectivity index (χ1) is 10.1. The molecule has 0 aliphatic carbocycles. The van der Waals surface area contributed by atoms with E-state index in [1.165, 1.54) is 17.0 Å². The Bertz CT molecular complexity index is 555. The molecule has 1 aromatic carbocycles. The number of esters is 1. The number of hydrogen-bond donors (Lipinski definition) is 1. The molecule has 1 saturated heterocycles. The maximum Gasteiger partial charge on any atom is 0.338 e. The van der Waals surface area contributed by atoms with Gasteiger partial charge in [-0.1, -0.05) is 6.92 Å². The SMILES string of the molecule is CCCOC(=O)c1ccc(N2CC(=O)N(CO)C2=O)cc1. The van der Waals surface area contributed by atoms with E-state index in [-0.39, 0.29) is 6.54 Å². The van der Waals surface area contributed by atoms with Crippen molar-refractivity contribution in [2.45, 2.75) is 13.3 Å². The third kappa shape index (κ3) is 3.03. The highest BCUT2D eigenvalue weighted by Gasteiger charge is 2.36. The minimum Gasteiger partial charge on any atom is -0.462 e. The maximum absolute atomic E-state index is 11.9. The number of rotatable bonds is 5. The van der Waals surface area contributed by atoms with Crippen molar-refractivity contribution in [1.82, 2.24) is 4.90 Å². The van der Waals surface area contributed by atoms with Gasteiger partial charge >= 0.3 is 12.0 Å². The summed E-state index contributed by atoms with van der Waals surface area (Å²) in [5, 5.41) is 8.97. The Hall–Kier alpha value is -2.41. The number of urea groups is 1. The van der Waals surface area contributed by atoms with Crippen LogP contribution in [0, 0.1) is 0 Å². The zero-order valence-electron chi connectivity index (χ0n) is 11.6. The zero-order valence-corrected chi connectivity index (χ0v) is 11.6. The second-order valence-corrected chi connectivity index (χ2v) is 4.51. The Balaban J connectivity index is 2.11. The molecule has 1 aromatic rings. The van der Waals surface area contributed by atoms with Gasteiger partial charge in [-0.3, -0.25) is 9.69 Å². The molecular formula is C14H16N2O5. The summed E-state index contributed by atoms with van der Waals surface area (Å²) in [5.41, 5.74) is 0.862. The van der Waals surface area contributed by atoms with E-state index in [9.17, 15) is 14.4 Å². The van der Waals surface area contributed by atoms with Gasteiger partial charge in [-0.05, 0) is 30.7 Å². The van der Waals surface area contributed by atoms with Crippen molar-refractivity contribution in [3.8, 4) is 0 Å². The van der Waals surface area contributed by atoms with Crippen LogP contribution in [0.25, 0.3) is 0 Å². The van der Waals surface area contributed by atoms with Crippen LogP contribution in [0.4, 0.5) is 10.5 Å². The summed E-state index contributed by atoms with van der Waals surface area (Å²) in [5.74, 6) is -0.891. The monoisotopic (exact) mass is 292 g/mol. The van der Waals surface area contributed by atoms with Crippen LogP contribution in [-0.2, 0) is 9.53 Å². The lowest BCUT2D eigenvalue weighted by molar-refractivity contribution is -0.127. The Morgan fingerprint density at radius 1 is 1.29 bits per heavy atom. The molecule has 1 heterocycles. The molecule has 1 fully saturated rings. The van der Waals surface area contributed by atoms with Gasteiger partial charge in [0.05, 0.1) is 12.2 Å². The average Bonchev–Trinajstić information content (AvgIpc) is 2.79. The largest absolute Gasteiger partial charge is 0.462 e. The van der Waals surface area contributed by atoms with Gasteiger partial charge in [0.2, 0.25) is 0 Å². The van der Waals surface area contributed by atoms with Crippen LogP contribution >= 0.6 is 0 Å². The average molecular weight is 292 g/mol. The van der Waals surface area contributed by atoms with Gasteiger partial charge in [-0.15, -0.1) is 0 Å². The molecule has 3 amide bonds. The first-order valence-corrected chi connectivity index (χ1v) is 6.58. The highest BCUT2D eigenvalue weighted by molar-refractivity contribution is 6.12. The minimum absolute atomic E-state index is 0.126. The number of ether oxygens (including phenoxy) is 1. The minimum atomic E-state index is -0.643. The van der Waals surface area contributed by atoms with Crippen molar-refractivity contribution in [3.05, 3.63) is 29.8 Å². The van der Waals surface area contributed by atoms with Crippen LogP contribution in [0.3, 0.4) is 0 Å². The molecule has 21 heavy (non-hydrogen) atoms. The van der Waals surface area contributed by atoms with Gasteiger partial charge in [-0.2, -0.15) is 0 Å². The molecule has 1 aliphatic rings. The predicted octanol–water partition coefficient (Wildman–Crippen LogP) is 0.972. The van der Waals surface area contributed by atoms with Crippen molar-refractivity contribution < 1.29 is 24.2 Å². The first kappa shape index (κ1) is 15.0. The van der Waals surface area contributed by atoms with Crippen LogP contribution in [-0.4, -0.2) is 47.8 Å². The van der Waals surface area contributed by atoms with Gasteiger partial charge < -0.3 is 9.84 Å². The summed E-state index contributed by atoms with van der Waals surface area (Å²) in [6.45, 7) is 1.49. The second kappa shape index (κ2) is 6.36. The molecule has 0 unspecified atom stereocenters. The smallest absolute Gasteiger partial charge is 0.338 e. The lowest BCUT2D eigenvalue weighted by atomic mass is 10.2. The molecule has 0 saturated carbocycles. The molecule has 1 N–H and O–H groups in total. The molecule has 112 valence electrons. The molecule has 0 spiro atoms. The zero-order chi connectivity index (χ0) is 15.4. The van der Waals surface area contributed by atoms with E-state index in [4.69, 9.17) is 9.84 Å². The highest BCUT2D eigenvalue weighted by Crippen LogP contribution is 2.21. The van der Waals surface area contributed by atoms with Gasteiger partial charge in [-0.25, -0.2) is 14.5 Å². The van der Waals surface area contributed by atoms with E-state index in [1.54, 1.807) is 12.1 Å². The summed E-state index contributed by atoms with van der Waals surface area (Å²) >= 11 is 0. The van der Waals surface area contributed by atoms with E-state index < -0.39 is 24.6 Å². The number of aliphatic hydroxyl groups is 1. The predicted molar refractivity (Wildman–Crippen MR) is 73.7 cm³/mol. The normalized spacial score (nSPS) is 14.8. The molecule has 2 rings (SSSR count). The number of anilines is 1. The van der Waals surface area contributed by atoms with Crippen molar-refractivity contribution in [2.24, 2.45) is 0 Å². The molecule has 7 nitrogen and oxygen atoms in total. The van der Waals surface area contributed by atoms with Crippen molar-refractivity contribution in [2.75, 3.05) is 24.8 Å². The van der Waals surface area contributed by atoms with E-state index in [0.717, 1.165) is 11.3 Å². The quantitative estimate of drug-likeness (QED) is 0.645. The summed E-state index contributed by atoms with van der Waals surface area (Å²) in [6, 6.07) is 5.62. The Kier molecular flexibility index (Phi) is 4.54. The molecule has 1 aliphatic heterocycles. The first-order valence-electron chi connectivity index (χ1n) is 6.58. The molecular weight excluding hydrogens is 276 g/mol. The molecule has 0 bridgehead atoms. The van der Waals surface area contributed by atoms with E-state index >= 15 is 0 Å². The number of carbonyl (C=O) groups excluding carboxylic acids is 3. The number of aliphatic hydroxyl groups excluding tert-OH is 1. The lowest BCUT2D eigenvalue weighted by Crippen LogP contribution is -2.33. The van der Waals surface area contributed by atoms with Crippen LogP contribution < -0.4 is 4.90 Å². The highest BCUT2D eigenvalue weighted by atomic mass is 16.5. The Morgan fingerprint density at radius 3 is 2.48 bits per heavy atom. The fourth-order valence-electron chi connectivity index (χ4n) is 1.94. The van der Waals surface area contributed by atoms with Crippen LogP contribution in [0.2, 0.25) is 0 Å². The molecule has 0 aromatic heterocycles. The van der Waals surface area contributed by atoms with Crippen LogP contribution in [0.15, 0.2) is 24.3 Å².